The molecule has 0 aromatic carbocycles. The summed E-state index contributed by atoms with van der Waals surface area (Å²) in [6, 6.07) is 0.238. The lowest BCUT2D eigenvalue weighted by Crippen LogP contribution is -2.32. The van der Waals surface area contributed by atoms with Crippen LogP contribution < -0.4 is 0 Å². The molecule has 3 heteroatoms. The lowest BCUT2D eigenvalue weighted by molar-refractivity contribution is 0.226. The van der Waals surface area contributed by atoms with E-state index in [0.29, 0.717) is 0 Å². The molecule has 1 nitrogen and oxygen atoms in total. The van der Waals surface area contributed by atoms with Gasteiger partial charge in [0.05, 0.1) is 0 Å². The van der Waals surface area contributed by atoms with Gasteiger partial charge in [0.2, 0.25) is 0 Å². The molecule has 0 spiro atoms. The van der Waals surface area contributed by atoms with E-state index in [0.717, 1.165) is 25.3 Å². The highest BCUT2D eigenvalue weighted by atomic mass is 32.2. The fourth-order valence-electron chi connectivity index (χ4n) is 1.57. The van der Waals surface area contributed by atoms with Crippen molar-refractivity contribution in [3.05, 3.63) is 0 Å². The Kier molecular flexibility index (Phi) is 4.23. The molecule has 0 bridgehead atoms. The first-order valence-electron chi connectivity index (χ1n) is 4.17. The van der Waals surface area contributed by atoms with Crippen LogP contribution in [0.5, 0.6) is 0 Å². The molecule has 1 aliphatic heterocycles. The van der Waals surface area contributed by atoms with Crippen LogP contribution in [-0.2, 0) is 0 Å². The van der Waals surface area contributed by atoms with Crippen molar-refractivity contribution in [1.29, 1.82) is 0 Å². The molecule has 11 heavy (non-hydrogen) atoms. The summed E-state index contributed by atoms with van der Waals surface area (Å²) in [5, 5.41) is 0. The Hall–Kier alpha value is 0.240. The maximum absolute atomic E-state index is 12.3. The van der Waals surface area contributed by atoms with Crippen LogP contribution in [0.1, 0.15) is 12.8 Å². The highest BCUT2D eigenvalue weighted by Gasteiger charge is 2.23. The Morgan fingerprint density at radius 3 is 3.09 bits per heavy atom. The number of halogens is 1. The van der Waals surface area contributed by atoms with Gasteiger partial charge in [0.15, 0.2) is 0 Å². The van der Waals surface area contributed by atoms with Crippen molar-refractivity contribution in [2.24, 2.45) is 0 Å². The van der Waals surface area contributed by atoms with Gasteiger partial charge in [-0.1, -0.05) is 0 Å². The molecule has 1 unspecified atom stereocenters. The van der Waals surface area contributed by atoms with Gasteiger partial charge in [-0.15, -0.1) is 0 Å². The van der Waals surface area contributed by atoms with Crippen molar-refractivity contribution in [2.75, 3.05) is 31.8 Å². The Balaban J connectivity index is 2.20. The van der Waals surface area contributed by atoms with Crippen LogP contribution in [0.2, 0.25) is 0 Å². The first kappa shape index (κ1) is 9.33. The lowest BCUT2D eigenvalue weighted by atomic mass is 10.2. The predicted octanol–water partition coefficient (Wildman–Crippen LogP) is 1.78. The first-order chi connectivity index (χ1) is 5.38. The van der Waals surface area contributed by atoms with E-state index < -0.39 is 0 Å². The maximum Gasteiger partial charge on any atom is 0.105 e. The van der Waals surface area contributed by atoms with Gasteiger partial charge in [-0.25, -0.2) is 4.39 Å². The average Bonchev–Trinajstić information content (AvgIpc) is 2.47. The zero-order valence-electron chi connectivity index (χ0n) is 7.05. The summed E-state index contributed by atoms with van der Waals surface area (Å²) in [6.45, 7) is 2.01. The molecule has 0 saturated carbocycles. The fraction of sp³-hybridized carbons (Fsp3) is 1.00. The average molecular weight is 177 g/mol. The van der Waals surface area contributed by atoms with Gasteiger partial charge >= 0.3 is 0 Å². The molecule has 1 heterocycles. The predicted molar refractivity (Wildman–Crippen MR) is 49.0 cm³/mol. The molecule has 66 valence electrons. The molecular weight excluding hydrogens is 161 g/mol. The fourth-order valence-corrected chi connectivity index (χ4v) is 1.99. The first-order valence-corrected chi connectivity index (χ1v) is 5.57. The minimum atomic E-state index is -0.158. The van der Waals surface area contributed by atoms with E-state index >= 15 is 0 Å². The van der Waals surface area contributed by atoms with E-state index in [-0.39, 0.29) is 12.7 Å². The minimum absolute atomic E-state index is 0.158. The number of thioether (sulfide) groups is 1. The third-order valence-electron chi connectivity index (χ3n) is 2.26. The van der Waals surface area contributed by atoms with E-state index in [2.05, 4.69) is 11.2 Å². The van der Waals surface area contributed by atoms with Crippen molar-refractivity contribution >= 4 is 11.8 Å². The largest absolute Gasteiger partial charge is 0.297 e. The molecule has 0 radical (unpaired) electrons. The van der Waals surface area contributed by atoms with E-state index in [1.807, 2.05) is 11.8 Å². The van der Waals surface area contributed by atoms with Crippen molar-refractivity contribution < 1.29 is 4.39 Å². The van der Waals surface area contributed by atoms with Crippen LogP contribution in [0.15, 0.2) is 0 Å². The summed E-state index contributed by atoms with van der Waals surface area (Å²) in [6.07, 6.45) is 4.34. The Labute approximate surface area is 72.3 Å². The number of hydrogen-bond acceptors (Lipinski definition) is 2. The molecule has 0 aromatic rings. The quantitative estimate of drug-likeness (QED) is 0.644. The number of likely N-dealkylation sites (tertiary alicyclic amines) is 1. The number of hydrogen-bond donors (Lipinski definition) is 0. The van der Waals surface area contributed by atoms with E-state index in [9.17, 15) is 4.39 Å². The molecule has 0 N–H and O–H groups in total. The van der Waals surface area contributed by atoms with E-state index in [1.54, 1.807) is 0 Å². The third-order valence-corrected chi connectivity index (χ3v) is 2.85. The van der Waals surface area contributed by atoms with Crippen molar-refractivity contribution in [3.8, 4) is 0 Å². The van der Waals surface area contributed by atoms with Crippen LogP contribution >= 0.6 is 11.8 Å². The number of alkyl halides is 1. The molecule has 1 rings (SSSR count). The van der Waals surface area contributed by atoms with Gasteiger partial charge in [0.25, 0.3) is 0 Å². The van der Waals surface area contributed by atoms with Crippen molar-refractivity contribution in [3.63, 3.8) is 0 Å². The zero-order valence-corrected chi connectivity index (χ0v) is 7.87. The minimum Gasteiger partial charge on any atom is -0.297 e. The molecule has 0 aliphatic carbocycles. The second kappa shape index (κ2) is 4.99. The summed E-state index contributed by atoms with van der Waals surface area (Å²) in [4.78, 5) is 2.27. The standard InChI is InChI=1S/C8H16FNS/c1-11-6-5-10-4-2-3-8(10)7-9/h8H,2-7H2,1H3. The number of nitrogens with zero attached hydrogens (tertiary/aromatic N) is 1. The number of rotatable bonds is 4. The molecule has 1 saturated heterocycles. The molecule has 1 fully saturated rings. The van der Waals surface area contributed by atoms with E-state index in [4.69, 9.17) is 0 Å². The third kappa shape index (κ3) is 2.64. The van der Waals surface area contributed by atoms with Crippen LogP contribution in [0.3, 0.4) is 0 Å². The lowest BCUT2D eigenvalue weighted by Gasteiger charge is -2.20. The van der Waals surface area contributed by atoms with Crippen LogP contribution in [0.25, 0.3) is 0 Å². The summed E-state index contributed by atoms with van der Waals surface area (Å²) in [5.74, 6) is 1.14. The second-order valence-corrected chi connectivity index (χ2v) is 3.96. The van der Waals surface area contributed by atoms with Gasteiger partial charge in [-0.3, -0.25) is 4.90 Å². The van der Waals surface area contributed by atoms with Crippen molar-refractivity contribution in [2.45, 2.75) is 18.9 Å². The molecule has 1 aliphatic rings. The smallest absolute Gasteiger partial charge is 0.105 e. The molecule has 1 atom stereocenters. The summed E-state index contributed by atoms with van der Waals surface area (Å²) < 4.78 is 12.3. The maximum atomic E-state index is 12.3. The van der Waals surface area contributed by atoms with Crippen LogP contribution in [0.4, 0.5) is 4.39 Å². The molecule has 0 amide bonds. The van der Waals surface area contributed by atoms with Gasteiger partial charge in [-0.2, -0.15) is 11.8 Å². The van der Waals surface area contributed by atoms with Crippen LogP contribution in [-0.4, -0.2) is 42.7 Å². The van der Waals surface area contributed by atoms with Gasteiger partial charge in [-0.05, 0) is 25.6 Å². The Bertz CT molecular complexity index is 110. The highest BCUT2D eigenvalue weighted by Crippen LogP contribution is 2.17. The highest BCUT2D eigenvalue weighted by molar-refractivity contribution is 7.98. The van der Waals surface area contributed by atoms with Crippen LogP contribution in [0, 0.1) is 0 Å². The summed E-state index contributed by atoms with van der Waals surface area (Å²) >= 11 is 1.84. The monoisotopic (exact) mass is 177 g/mol. The van der Waals surface area contributed by atoms with Gasteiger partial charge in [0, 0.05) is 18.3 Å². The zero-order chi connectivity index (χ0) is 8.10. The topological polar surface area (TPSA) is 3.24 Å². The molecular formula is C8H16FNS. The van der Waals surface area contributed by atoms with Crippen molar-refractivity contribution in [1.82, 2.24) is 4.90 Å². The van der Waals surface area contributed by atoms with Gasteiger partial charge in [0.1, 0.15) is 6.67 Å². The normalized spacial score (nSPS) is 26.2. The Morgan fingerprint density at radius 2 is 2.45 bits per heavy atom. The van der Waals surface area contributed by atoms with Gasteiger partial charge < -0.3 is 0 Å². The molecule has 0 aromatic heterocycles. The Morgan fingerprint density at radius 1 is 1.64 bits per heavy atom. The van der Waals surface area contributed by atoms with E-state index in [1.165, 1.54) is 6.42 Å². The second-order valence-electron chi connectivity index (χ2n) is 2.98. The summed E-state index contributed by atoms with van der Waals surface area (Å²) in [5.41, 5.74) is 0. The SMILES string of the molecule is CSCCN1CCCC1CF. The summed E-state index contributed by atoms with van der Waals surface area (Å²) in [7, 11) is 0.